The van der Waals surface area contributed by atoms with Crippen LogP contribution in [0.15, 0.2) is 56.3 Å². The zero-order chi connectivity index (χ0) is 19.9. The van der Waals surface area contributed by atoms with Gasteiger partial charge in [0.2, 0.25) is 0 Å². The van der Waals surface area contributed by atoms with Gasteiger partial charge in [-0.15, -0.1) is 22.7 Å². The van der Waals surface area contributed by atoms with Crippen molar-refractivity contribution >= 4 is 65.7 Å². The number of sulfonamides is 2. The molecule has 0 fully saturated rings. The lowest BCUT2D eigenvalue weighted by molar-refractivity contribution is 0.588. The average Bonchev–Trinajstić information content (AvgIpc) is 3.33. The first-order valence-electron chi connectivity index (χ1n) is 8.25. The van der Waals surface area contributed by atoms with Gasteiger partial charge in [-0.2, -0.15) is 0 Å². The van der Waals surface area contributed by atoms with Gasteiger partial charge in [0.25, 0.3) is 20.0 Å². The zero-order valence-corrected chi connectivity index (χ0v) is 18.4. The van der Waals surface area contributed by atoms with E-state index in [2.05, 4.69) is 4.72 Å². The Morgan fingerprint density at radius 1 is 1.04 bits per heavy atom. The summed E-state index contributed by atoms with van der Waals surface area (Å²) in [4.78, 5) is 0. The van der Waals surface area contributed by atoms with Gasteiger partial charge in [0.1, 0.15) is 8.42 Å². The monoisotopic (exact) mass is 474 g/mol. The van der Waals surface area contributed by atoms with E-state index in [-0.39, 0.29) is 4.21 Å². The summed E-state index contributed by atoms with van der Waals surface area (Å²) >= 11 is 7.98. The van der Waals surface area contributed by atoms with E-state index in [0.29, 0.717) is 39.3 Å². The maximum absolute atomic E-state index is 12.9. The maximum atomic E-state index is 12.9. The van der Waals surface area contributed by atoms with Gasteiger partial charge in [-0.05, 0) is 60.2 Å². The van der Waals surface area contributed by atoms with Crippen LogP contribution in [-0.4, -0.2) is 23.4 Å². The lowest BCUT2D eigenvalue weighted by Gasteiger charge is -2.30. The van der Waals surface area contributed by atoms with Crippen LogP contribution < -0.4 is 9.03 Å². The molecule has 0 amide bonds. The van der Waals surface area contributed by atoms with Gasteiger partial charge < -0.3 is 0 Å². The minimum absolute atomic E-state index is 0.122. The number of halogens is 1. The predicted molar refractivity (Wildman–Crippen MR) is 114 cm³/mol. The Hall–Kier alpha value is -1.59. The normalized spacial score (nSPS) is 14.7. The predicted octanol–water partition coefficient (Wildman–Crippen LogP) is 4.41. The first-order valence-corrected chi connectivity index (χ1v) is 13.2. The third kappa shape index (κ3) is 3.67. The van der Waals surface area contributed by atoms with Gasteiger partial charge in [0, 0.05) is 12.2 Å². The maximum Gasteiger partial charge on any atom is 0.273 e. The number of hydrogen-bond acceptors (Lipinski definition) is 6. The molecule has 0 saturated heterocycles. The Balaban J connectivity index is 1.66. The second-order valence-electron chi connectivity index (χ2n) is 6.12. The second kappa shape index (κ2) is 7.34. The highest BCUT2D eigenvalue weighted by Crippen LogP contribution is 2.35. The molecule has 0 aliphatic carbocycles. The molecular weight excluding hydrogens is 460 g/mol. The molecule has 11 heteroatoms. The molecule has 1 N–H and O–H groups in total. The molecule has 3 heterocycles. The van der Waals surface area contributed by atoms with E-state index in [4.69, 9.17) is 11.6 Å². The van der Waals surface area contributed by atoms with Crippen LogP contribution in [-0.2, 0) is 26.5 Å². The molecule has 0 saturated carbocycles. The second-order valence-corrected chi connectivity index (χ2v) is 12.8. The van der Waals surface area contributed by atoms with Crippen LogP contribution in [0.25, 0.3) is 0 Å². The van der Waals surface area contributed by atoms with E-state index < -0.39 is 20.0 Å². The fourth-order valence-corrected chi connectivity index (χ4v) is 8.22. The number of hydrogen-bond donors (Lipinski definition) is 1. The van der Waals surface area contributed by atoms with E-state index in [1.165, 1.54) is 27.8 Å². The standard InChI is InChI=1S/C17H15ClN2O4S4/c18-15-7-8-17(26-15)27(21,22)19-13-5-6-14-12(11-13)3-1-9-20(14)28(23,24)16-4-2-10-25-16/h2,4-8,10-11,19H,1,3,9H2. The first-order chi connectivity index (χ1) is 13.3. The largest absolute Gasteiger partial charge is 0.279 e. The highest BCUT2D eigenvalue weighted by atomic mass is 35.5. The fraction of sp³-hybridized carbons (Fsp3) is 0.176. The van der Waals surface area contributed by atoms with Gasteiger partial charge in [0.15, 0.2) is 0 Å². The third-order valence-electron chi connectivity index (χ3n) is 4.26. The molecule has 4 rings (SSSR count). The van der Waals surface area contributed by atoms with Crippen molar-refractivity contribution < 1.29 is 16.8 Å². The molecule has 1 aliphatic rings. The van der Waals surface area contributed by atoms with Crippen molar-refractivity contribution in [2.45, 2.75) is 21.3 Å². The Morgan fingerprint density at radius 3 is 2.54 bits per heavy atom. The van der Waals surface area contributed by atoms with Gasteiger partial charge in [-0.3, -0.25) is 9.03 Å². The molecule has 0 atom stereocenters. The Bertz CT molecular complexity index is 1220. The van der Waals surface area contributed by atoms with E-state index >= 15 is 0 Å². The smallest absolute Gasteiger partial charge is 0.273 e. The summed E-state index contributed by atoms with van der Waals surface area (Å²) in [6, 6.07) is 11.2. The summed E-state index contributed by atoms with van der Waals surface area (Å²) in [6.45, 7) is 0.395. The van der Waals surface area contributed by atoms with Crippen molar-refractivity contribution in [2.75, 3.05) is 15.6 Å². The number of benzene rings is 1. The molecule has 0 unspecified atom stereocenters. The van der Waals surface area contributed by atoms with Gasteiger partial charge in [-0.1, -0.05) is 17.7 Å². The summed E-state index contributed by atoms with van der Waals surface area (Å²) < 4.78 is 55.6. The van der Waals surface area contributed by atoms with Crippen LogP contribution in [0.1, 0.15) is 12.0 Å². The molecule has 0 spiro atoms. The van der Waals surface area contributed by atoms with Crippen molar-refractivity contribution in [3.8, 4) is 0 Å². The van der Waals surface area contributed by atoms with Gasteiger partial charge in [0.05, 0.1) is 10.0 Å². The number of aryl methyl sites for hydroxylation is 1. The molecule has 0 radical (unpaired) electrons. The van der Waals surface area contributed by atoms with E-state index in [1.807, 2.05) is 0 Å². The SMILES string of the molecule is O=S(=O)(Nc1ccc2c(c1)CCCN2S(=O)(=O)c1cccs1)c1ccc(Cl)s1. The van der Waals surface area contributed by atoms with Crippen LogP contribution in [0.5, 0.6) is 0 Å². The van der Waals surface area contributed by atoms with Crippen LogP contribution in [0.4, 0.5) is 11.4 Å². The lowest BCUT2D eigenvalue weighted by atomic mass is 10.0. The summed E-state index contributed by atoms with van der Waals surface area (Å²) in [5.41, 5.74) is 1.76. The quantitative estimate of drug-likeness (QED) is 0.593. The lowest BCUT2D eigenvalue weighted by Crippen LogP contribution is -2.35. The van der Waals surface area contributed by atoms with E-state index in [0.717, 1.165) is 16.9 Å². The molecule has 1 aromatic carbocycles. The highest BCUT2D eigenvalue weighted by molar-refractivity contribution is 7.95. The molecule has 1 aliphatic heterocycles. The fourth-order valence-electron chi connectivity index (χ4n) is 3.04. The molecule has 6 nitrogen and oxygen atoms in total. The number of fused-ring (bicyclic) bond motifs is 1. The van der Waals surface area contributed by atoms with Crippen molar-refractivity contribution in [1.29, 1.82) is 0 Å². The van der Waals surface area contributed by atoms with Crippen molar-refractivity contribution in [2.24, 2.45) is 0 Å². The van der Waals surface area contributed by atoms with Crippen LogP contribution in [0.2, 0.25) is 4.34 Å². The van der Waals surface area contributed by atoms with E-state index in [1.54, 1.807) is 35.7 Å². The minimum atomic E-state index is -3.74. The number of anilines is 2. The Kier molecular flexibility index (Phi) is 5.17. The summed E-state index contributed by atoms with van der Waals surface area (Å²) in [7, 11) is -7.36. The number of nitrogens with one attached hydrogen (secondary N) is 1. The average molecular weight is 475 g/mol. The van der Waals surface area contributed by atoms with Gasteiger partial charge >= 0.3 is 0 Å². The van der Waals surface area contributed by atoms with E-state index in [9.17, 15) is 16.8 Å². The molecule has 148 valence electrons. The molecule has 28 heavy (non-hydrogen) atoms. The summed E-state index contributed by atoms with van der Waals surface area (Å²) in [5, 5.41) is 1.73. The van der Waals surface area contributed by atoms with Crippen molar-refractivity contribution in [3.63, 3.8) is 0 Å². The minimum Gasteiger partial charge on any atom is -0.279 e. The van der Waals surface area contributed by atoms with Crippen LogP contribution in [0.3, 0.4) is 0 Å². The molecule has 0 bridgehead atoms. The Labute approximate surface area is 176 Å². The summed E-state index contributed by atoms with van der Waals surface area (Å²) in [5.74, 6) is 0. The zero-order valence-electron chi connectivity index (χ0n) is 14.3. The number of nitrogens with zero attached hydrogens (tertiary/aromatic N) is 1. The Morgan fingerprint density at radius 2 is 1.86 bits per heavy atom. The molecular formula is C17H15ClN2O4S4. The van der Waals surface area contributed by atoms with Crippen LogP contribution in [0, 0.1) is 0 Å². The summed E-state index contributed by atoms with van der Waals surface area (Å²) in [6.07, 6.45) is 1.33. The highest BCUT2D eigenvalue weighted by Gasteiger charge is 2.30. The van der Waals surface area contributed by atoms with Crippen LogP contribution >= 0.6 is 34.3 Å². The third-order valence-corrected chi connectivity index (χ3v) is 10.6. The van der Waals surface area contributed by atoms with Crippen molar-refractivity contribution in [1.82, 2.24) is 0 Å². The molecule has 3 aromatic rings. The van der Waals surface area contributed by atoms with Crippen molar-refractivity contribution in [3.05, 3.63) is 57.7 Å². The number of rotatable bonds is 5. The number of thiophene rings is 2. The van der Waals surface area contributed by atoms with Gasteiger partial charge in [-0.25, -0.2) is 16.8 Å². The first kappa shape index (κ1) is 19.7. The molecule has 2 aromatic heterocycles. The topological polar surface area (TPSA) is 83.6 Å².